The van der Waals surface area contributed by atoms with Gasteiger partial charge in [0, 0.05) is 4.47 Å². The number of hydrogen-bond acceptors (Lipinski definition) is 3. The fourth-order valence-electron chi connectivity index (χ4n) is 1.82. The van der Waals surface area contributed by atoms with Crippen LogP contribution >= 0.6 is 50.7 Å². The SMILES string of the molecule is O=C(Cl)CN(c1cccc(Br)c1)S(=O)(=O)c1ccc(Cl)c(Cl)c1. The molecule has 0 radical (unpaired) electrons. The maximum Gasteiger partial charge on any atom is 0.264 e. The Morgan fingerprint density at radius 2 is 1.78 bits per heavy atom. The molecule has 4 nitrogen and oxygen atoms in total. The molecule has 0 fully saturated rings. The molecule has 0 aliphatic heterocycles. The number of hydrogen-bond donors (Lipinski definition) is 0. The van der Waals surface area contributed by atoms with Crippen molar-refractivity contribution in [2.75, 3.05) is 10.8 Å². The van der Waals surface area contributed by atoms with Crippen LogP contribution in [0.4, 0.5) is 5.69 Å². The molecule has 122 valence electrons. The molecular formula is C14H9BrCl3NO3S. The summed E-state index contributed by atoms with van der Waals surface area (Å²) in [4.78, 5) is 11.2. The molecule has 0 aromatic heterocycles. The number of carbonyl (C=O) groups is 1. The van der Waals surface area contributed by atoms with Crippen LogP contribution in [0.25, 0.3) is 0 Å². The number of rotatable bonds is 5. The Morgan fingerprint density at radius 1 is 1.09 bits per heavy atom. The van der Waals surface area contributed by atoms with Gasteiger partial charge in [-0.1, -0.05) is 45.2 Å². The number of benzene rings is 2. The predicted molar refractivity (Wildman–Crippen MR) is 96.0 cm³/mol. The summed E-state index contributed by atoms with van der Waals surface area (Å²) < 4.78 is 27.3. The molecule has 2 aromatic rings. The van der Waals surface area contributed by atoms with Crippen molar-refractivity contribution in [2.45, 2.75) is 4.90 Å². The normalized spacial score (nSPS) is 11.3. The van der Waals surface area contributed by atoms with Gasteiger partial charge in [0.1, 0.15) is 6.54 Å². The quantitative estimate of drug-likeness (QED) is 0.611. The highest BCUT2D eigenvalue weighted by molar-refractivity contribution is 9.10. The van der Waals surface area contributed by atoms with Gasteiger partial charge in [0.05, 0.1) is 20.6 Å². The van der Waals surface area contributed by atoms with Gasteiger partial charge in [-0.15, -0.1) is 0 Å². The lowest BCUT2D eigenvalue weighted by Gasteiger charge is -2.23. The van der Waals surface area contributed by atoms with Gasteiger partial charge in [0.2, 0.25) is 5.24 Å². The van der Waals surface area contributed by atoms with Crippen LogP contribution in [0.1, 0.15) is 0 Å². The first-order chi connectivity index (χ1) is 10.7. The summed E-state index contributed by atoms with van der Waals surface area (Å²) in [5, 5.41) is -0.485. The van der Waals surface area contributed by atoms with Crippen LogP contribution in [0, 0.1) is 0 Å². The average molecular weight is 458 g/mol. The first kappa shape index (κ1) is 18.5. The number of anilines is 1. The standard InChI is InChI=1S/C14H9BrCl3NO3S/c15-9-2-1-3-10(6-9)19(8-14(18)20)23(21,22)11-4-5-12(16)13(17)7-11/h1-7H,8H2. The highest BCUT2D eigenvalue weighted by atomic mass is 79.9. The Kier molecular flexibility index (Phi) is 5.97. The number of carbonyl (C=O) groups excluding carboxylic acids is 1. The van der Waals surface area contributed by atoms with Gasteiger partial charge in [-0.25, -0.2) is 8.42 Å². The third kappa shape index (κ3) is 4.39. The molecule has 0 unspecified atom stereocenters. The maximum absolute atomic E-state index is 12.8. The molecule has 0 aliphatic rings. The fraction of sp³-hybridized carbons (Fsp3) is 0.0714. The lowest BCUT2D eigenvalue weighted by molar-refractivity contribution is -0.110. The van der Waals surface area contributed by atoms with Crippen LogP contribution in [-0.4, -0.2) is 20.2 Å². The van der Waals surface area contributed by atoms with Crippen LogP contribution in [0.2, 0.25) is 10.0 Å². The molecular weight excluding hydrogens is 448 g/mol. The van der Waals surface area contributed by atoms with E-state index >= 15 is 0 Å². The van der Waals surface area contributed by atoms with Gasteiger partial charge in [-0.3, -0.25) is 9.10 Å². The zero-order valence-corrected chi connectivity index (χ0v) is 16.0. The van der Waals surface area contributed by atoms with E-state index in [4.69, 9.17) is 34.8 Å². The highest BCUT2D eigenvalue weighted by Gasteiger charge is 2.27. The van der Waals surface area contributed by atoms with Crippen molar-refractivity contribution in [3.05, 3.63) is 57.0 Å². The van der Waals surface area contributed by atoms with Crippen molar-refractivity contribution in [3.63, 3.8) is 0 Å². The van der Waals surface area contributed by atoms with Crippen molar-refractivity contribution in [1.29, 1.82) is 0 Å². The number of nitrogens with zero attached hydrogens (tertiary/aromatic N) is 1. The molecule has 0 atom stereocenters. The number of halogens is 4. The molecule has 9 heteroatoms. The summed E-state index contributed by atoms with van der Waals surface area (Å²) in [6.07, 6.45) is 0. The van der Waals surface area contributed by atoms with E-state index in [1.807, 2.05) is 0 Å². The molecule has 2 rings (SSSR count). The van der Waals surface area contributed by atoms with Crippen molar-refractivity contribution >= 4 is 71.7 Å². The zero-order chi connectivity index (χ0) is 17.2. The molecule has 0 saturated carbocycles. The smallest absolute Gasteiger partial charge is 0.264 e. The van der Waals surface area contributed by atoms with Crippen molar-refractivity contribution in [1.82, 2.24) is 0 Å². The summed E-state index contributed by atoms with van der Waals surface area (Å²) in [7, 11) is -4.04. The second kappa shape index (κ2) is 7.40. The van der Waals surface area contributed by atoms with Crippen molar-refractivity contribution < 1.29 is 13.2 Å². The van der Waals surface area contributed by atoms with Gasteiger partial charge < -0.3 is 0 Å². The summed E-state index contributed by atoms with van der Waals surface area (Å²) >= 11 is 20.4. The molecule has 2 aromatic carbocycles. The first-order valence-electron chi connectivity index (χ1n) is 6.13. The van der Waals surface area contributed by atoms with Gasteiger partial charge in [0.15, 0.2) is 0 Å². The summed E-state index contributed by atoms with van der Waals surface area (Å²) in [5.41, 5.74) is 0.291. The molecule has 23 heavy (non-hydrogen) atoms. The van der Waals surface area contributed by atoms with E-state index in [0.717, 1.165) is 4.31 Å². The minimum absolute atomic E-state index is 0.0928. The maximum atomic E-state index is 12.8. The minimum atomic E-state index is -4.04. The van der Waals surface area contributed by atoms with E-state index in [2.05, 4.69) is 15.9 Å². The van der Waals surface area contributed by atoms with Crippen molar-refractivity contribution in [2.24, 2.45) is 0 Å². The van der Waals surface area contributed by atoms with Gasteiger partial charge >= 0.3 is 0 Å². The van der Waals surface area contributed by atoms with Gasteiger partial charge in [-0.05, 0) is 48.0 Å². The van der Waals surface area contributed by atoms with Gasteiger partial charge in [-0.2, -0.15) is 0 Å². The van der Waals surface area contributed by atoms with E-state index in [1.165, 1.54) is 18.2 Å². The molecule has 0 saturated heterocycles. The largest absolute Gasteiger partial charge is 0.279 e. The molecule has 0 spiro atoms. The van der Waals surface area contributed by atoms with E-state index in [9.17, 15) is 13.2 Å². The third-order valence-corrected chi connectivity index (χ3v) is 5.96. The second-order valence-electron chi connectivity index (χ2n) is 4.42. The Labute approximate surface area is 157 Å². The summed E-state index contributed by atoms with van der Waals surface area (Å²) in [5.74, 6) is 0. The number of sulfonamides is 1. The molecule has 0 aliphatic carbocycles. The Morgan fingerprint density at radius 3 is 2.35 bits per heavy atom. The monoisotopic (exact) mass is 455 g/mol. The lowest BCUT2D eigenvalue weighted by atomic mass is 10.3. The van der Waals surface area contributed by atoms with Crippen LogP contribution in [0.15, 0.2) is 51.8 Å². The predicted octanol–water partition coefficient (Wildman–Crippen LogP) is 4.72. The minimum Gasteiger partial charge on any atom is -0.279 e. The van der Waals surface area contributed by atoms with Crippen molar-refractivity contribution in [3.8, 4) is 0 Å². The zero-order valence-electron chi connectivity index (χ0n) is 11.3. The summed E-state index contributed by atoms with van der Waals surface area (Å²) in [6, 6.07) is 10.4. The highest BCUT2D eigenvalue weighted by Crippen LogP contribution is 2.30. The second-order valence-corrected chi connectivity index (χ2v) is 8.44. The Hall–Kier alpha value is -0.790. The van der Waals surface area contributed by atoms with Crippen LogP contribution in [0.5, 0.6) is 0 Å². The topological polar surface area (TPSA) is 54.5 Å². The lowest BCUT2D eigenvalue weighted by Crippen LogP contribution is -2.34. The molecule has 0 heterocycles. The fourth-order valence-corrected chi connectivity index (χ4v) is 4.20. The van der Waals surface area contributed by atoms with Gasteiger partial charge in [0.25, 0.3) is 10.0 Å². The van der Waals surface area contributed by atoms with E-state index < -0.39 is 21.8 Å². The third-order valence-electron chi connectivity index (χ3n) is 2.84. The first-order valence-corrected chi connectivity index (χ1v) is 9.50. The van der Waals surface area contributed by atoms with Crippen LogP contribution in [-0.2, 0) is 14.8 Å². The van der Waals surface area contributed by atoms with Crippen LogP contribution in [0.3, 0.4) is 0 Å². The molecule has 0 N–H and O–H groups in total. The van der Waals surface area contributed by atoms with E-state index in [1.54, 1.807) is 24.3 Å². The molecule has 0 amide bonds. The van der Waals surface area contributed by atoms with E-state index in [0.29, 0.717) is 10.2 Å². The van der Waals surface area contributed by atoms with E-state index in [-0.39, 0.29) is 14.9 Å². The van der Waals surface area contributed by atoms with Crippen LogP contribution < -0.4 is 4.31 Å². The Bertz CT molecular complexity index is 858. The summed E-state index contributed by atoms with van der Waals surface area (Å²) in [6.45, 7) is -0.513. The molecule has 0 bridgehead atoms. The average Bonchev–Trinajstić information content (AvgIpc) is 2.47. The Balaban J connectivity index is 2.57.